The number of nitrogens with one attached hydrogen (secondary N) is 1. The zero-order valence-electron chi connectivity index (χ0n) is 10.5. The van der Waals surface area contributed by atoms with Crippen molar-refractivity contribution in [1.82, 2.24) is 9.55 Å². The smallest absolute Gasteiger partial charge is 0.177 e. The SMILES string of the molecule is CC(C)C(Cn1c(CO)c[nH]c1=S)C(C)C. The molecular weight excluding hydrogens is 220 g/mol. The van der Waals surface area contributed by atoms with Crippen molar-refractivity contribution in [2.45, 2.75) is 40.8 Å². The van der Waals surface area contributed by atoms with E-state index in [2.05, 4.69) is 32.7 Å². The first-order chi connectivity index (χ1) is 7.47. The van der Waals surface area contributed by atoms with E-state index in [1.165, 1.54) is 0 Å². The van der Waals surface area contributed by atoms with Gasteiger partial charge in [-0.05, 0) is 30.0 Å². The van der Waals surface area contributed by atoms with Gasteiger partial charge in [0.25, 0.3) is 0 Å². The van der Waals surface area contributed by atoms with Crippen LogP contribution in [0.1, 0.15) is 33.4 Å². The zero-order valence-corrected chi connectivity index (χ0v) is 11.3. The molecule has 0 atom stereocenters. The van der Waals surface area contributed by atoms with E-state index in [-0.39, 0.29) is 6.61 Å². The lowest BCUT2D eigenvalue weighted by Gasteiger charge is -2.25. The van der Waals surface area contributed by atoms with Gasteiger partial charge >= 0.3 is 0 Å². The van der Waals surface area contributed by atoms with Crippen LogP contribution in [0, 0.1) is 22.5 Å². The average molecular weight is 242 g/mol. The van der Waals surface area contributed by atoms with Crippen molar-refractivity contribution >= 4 is 12.2 Å². The number of aliphatic hydroxyl groups is 1. The summed E-state index contributed by atoms with van der Waals surface area (Å²) in [5.41, 5.74) is 0.872. The molecule has 1 aromatic heterocycles. The Morgan fingerprint density at radius 2 is 1.88 bits per heavy atom. The van der Waals surface area contributed by atoms with E-state index in [4.69, 9.17) is 12.2 Å². The molecular formula is C12H22N2OS. The summed E-state index contributed by atoms with van der Waals surface area (Å²) in [5, 5.41) is 9.23. The van der Waals surface area contributed by atoms with Gasteiger partial charge in [0.05, 0.1) is 12.3 Å². The third-order valence-electron chi connectivity index (χ3n) is 3.22. The van der Waals surface area contributed by atoms with Crippen molar-refractivity contribution < 1.29 is 5.11 Å². The summed E-state index contributed by atoms with van der Waals surface area (Å²) in [6.07, 6.45) is 1.79. The topological polar surface area (TPSA) is 41.0 Å². The lowest BCUT2D eigenvalue weighted by Crippen LogP contribution is -2.23. The van der Waals surface area contributed by atoms with Gasteiger partial charge in [-0.15, -0.1) is 0 Å². The van der Waals surface area contributed by atoms with Crippen molar-refractivity contribution in [3.8, 4) is 0 Å². The highest BCUT2D eigenvalue weighted by molar-refractivity contribution is 7.71. The van der Waals surface area contributed by atoms with Crippen LogP contribution >= 0.6 is 12.2 Å². The number of H-pyrrole nitrogens is 1. The summed E-state index contributed by atoms with van der Waals surface area (Å²) >= 11 is 5.23. The lowest BCUT2D eigenvalue weighted by molar-refractivity contribution is 0.231. The van der Waals surface area contributed by atoms with Gasteiger partial charge in [0, 0.05) is 12.7 Å². The first kappa shape index (κ1) is 13.5. The third kappa shape index (κ3) is 2.95. The van der Waals surface area contributed by atoms with Crippen LogP contribution in [0.2, 0.25) is 0 Å². The molecule has 0 bridgehead atoms. The van der Waals surface area contributed by atoms with Crippen molar-refractivity contribution in [3.63, 3.8) is 0 Å². The summed E-state index contributed by atoms with van der Waals surface area (Å²) in [7, 11) is 0. The highest BCUT2D eigenvalue weighted by atomic mass is 32.1. The van der Waals surface area contributed by atoms with Crippen molar-refractivity contribution in [1.29, 1.82) is 0 Å². The molecule has 0 fully saturated rings. The summed E-state index contributed by atoms with van der Waals surface area (Å²) in [6.45, 7) is 9.86. The van der Waals surface area contributed by atoms with Gasteiger partial charge in [0.2, 0.25) is 0 Å². The molecule has 1 heterocycles. The molecule has 0 saturated heterocycles. The molecule has 1 rings (SSSR count). The fourth-order valence-electron chi connectivity index (χ4n) is 2.16. The van der Waals surface area contributed by atoms with Crippen LogP contribution in [-0.4, -0.2) is 14.7 Å². The standard InChI is InChI=1S/C12H22N2OS/c1-8(2)11(9(3)4)6-14-10(7-15)5-13-12(14)16/h5,8-9,11,15H,6-7H2,1-4H3,(H,13,16). The van der Waals surface area contributed by atoms with Gasteiger partial charge in [-0.2, -0.15) is 0 Å². The lowest BCUT2D eigenvalue weighted by atomic mass is 9.85. The van der Waals surface area contributed by atoms with Crippen LogP contribution in [0.5, 0.6) is 0 Å². The number of hydrogen-bond acceptors (Lipinski definition) is 2. The minimum absolute atomic E-state index is 0.0377. The third-order valence-corrected chi connectivity index (χ3v) is 3.56. The van der Waals surface area contributed by atoms with Crippen LogP contribution in [0.4, 0.5) is 0 Å². The Labute approximate surface area is 103 Å². The van der Waals surface area contributed by atoms with Gasteiger partial charge in [-0.3, -0.25) is 0 Å². The molecule has 3 nitrogen and oxygen atoms in total. The number of rotatable bonds is 5. The molecule has 16 heavy (non-hydrogen) atoms. The maximum Gasteiger partial charge on any atom is 0.177 e. The Morgan fingerprint density at radius 3 is 2.31 bits per heavy atom. The van der Waals surface area contributed by atoms with E-state index >= 15 is 0 Å². The van der Waals surface area contributed by atoms with E-state index in [1.54, 1.807) is 6.20 Å². The van der Waals surface area contributed by atoms with E-state index in [1.807, 2.05) is 4.57 Å². The van der Waals surface area contributed by atoms with Gasteiger partial charge in [-0.1, -0.05) is 27.7 Å². The van der Waals surface area contributed by atoms with Crippen LogP contribution < -0.4 is 0 Å². The summed E-state index contributed by atoms with van der Waals surface area (Å²) in [5.74, 6) is 1.81. The van der Waals surface area contributed by atoms with Gasteiger partial charge in [0.1, 0.15) is 0 Å². The Morgan fingerprint density at radius 1 is 1.31 bits per heavy atom. The summed E-state index contributed by atoms with van der Waals surface area (Å²) in [6, 6.07) is 0. The number of nitrogens with zero attached hydrogens (tertiary/aromatic N) is 1. The molecule has 0 spiro atoms. The molecule has 0 aromatic carbocycles. The zero-order chi connectivity index (χ0) is 12.3. The van der Waals surface area contributed by atoms with E-state index in [0.29, 0.717) is 22.5 Å². The normalized spacial score (nSPS) is 12.0. The molecule has 0 aliphatic heterocycles. The van der Waals surface area contributed by atoms with E-state index in [9.17, 15) is 5.11 Å². The Balaban J connectivity index is 2.93. The number of imidazole rings is 1. The molecule has 92 valence electrons. The molecule has 0 radical (unpaired) electrons. The van der Waals surface area contributed by atoms with Crippen LogP contribution in [0.25, 0.3) is 0 Å². The molecule has 0 unspecified atom stereocenters. The second-order valence-corrected chi connectivity index (χ2v) is 5.39. The molecule has 4 heteroatoms. The fourth-order valence-corrected chi connectivity index (χ4v) is 2.42. The molecule has 0 aliphatic carbocycles. The van der Waals surface area contributed by atoms with Gasteiger partial charge in [0.15, 0.2) is 4.77 Å². The Kier molecular flexibility index (Phi) is 4.74. The first-order valence-corrected chi connectivity index (χ1v) is 6.26. The van der Waals surface area contributed by atoms with Crippen molar-refractivity contribution in [3.05, 3.63) is 16.7 Å². The highest BCUT2D eigenvalue weighted by Gasteiger charge is 2.19. The Bertz CT molecular complexity index is 371. The maximum atomic E-state index is 9.23. The molecule has 2 N–H and O–H groups in total. The quantitative estimate of drug-likeness (QED) is 0.779. The van der Waals surface area contributed by atoms with Crippen LogP contribution in [0.15, 0.2) is 6.20 Å². The molecule has 1 aromatic rings. The maximum absolute atomic E-state index is 9.23. The van der Waals surface area contributed by atoms with E-state index < -0.39 is 0 Å². The van der Waals surface area contributed by atoms with E-state index in [0.717, 1.165) is 12.2 Å². The number of hydrogen-bond donors (Lipinski definition) is 2. The second-order valence-electron chi connectivity index (χ2n) is 5.01. The van der Waals surface area contributed by atoms with Crippen LogP contribution in [0.3, 0.4) is 0 Å². The van der Waals surface area contributed by atoms with Gasteiger partial charge in [-0.25, -0.2) is 0 Å². The monoisotopic (exact) mass is 242 g/mol. The van der Waals surface area contributed by atoms with Crippen molar-refractivity contribution in [2.24, 2.45) is 17.8 Å². The highest BCUT2D eigenvalue weighted by Crippen LogP contribution is 2.23. The summed E-state index contributed by atoms with van der Waals surface area (Å²) in [4.78, 5) is 2.99. The van der Waals surface area contributed by atoms with Crippen LogP contribution in [-0.2, 0) is 13.2 Å². The molecule has 0 aliphatic rings. The minimum atomic E-state index is 0.0377. The fraction of sp³-hybridized carbons (Fsp3) is 0.750. The minimum Gasteiger partial charge on any atom is -0.390 e. The van der Waals surface area contributed by atoms with Crippen molar-refractivity contribution in [2.75, 3.05) is 0 Å². The molecule has 0 amide bonds. The first-order valence-electron chi connectivity index (χ1n) is 5.85. The average Bonchev–Trinajstić information content (AvgIpc) is 2.54. The second kappa shape index (κ2) is 5.64. The number of aromatic nitrogens is 2. The molecule has 0 saturated carbocycles. The van der Waals surface area contributed by atoms with Gasteiger partial charge < -0.3 is 14.7 Å². The summed E-state index contributed by atoms with van der Waals surface area (Å²) < 4.78 is 2.72. The Hall–Kier alpha value is -0.610. The predicted molar refractivity (Wildman–Crippen MR) is 68.7 cm³/mol. The number of aromatic amines is 1. The predicted octanol–water partition coefficient (Wildman–Crippen LogP) is 2.97. The largest absolute Gasteiger partial charge is 0.390 e. The number of aliphatic hydroxyl groups excluding tert-OH is 1.